The van der Waals surface area contributed by atoms with Gasteiger partial charge in [0, 0.05) is 18.6 Å². The third-order valence-corrected chi connectivity index (χ3v) is 3.93. The lowest BCUT2D eigenvalue weighted by Gasteiger charge is -2.14. The SMILES string of the molecule is C=CCOc1ccc(/C=C/C(=O)c2c(OC)cc(OC)cc2OC(=O)CC)cc1. The summed E-state index contributed by atoms with van der Waals surface area (Å²) in [5, 5.41) is 0. The van der Waals surface area contributed by atoms with E-state index >= 15 is 0 Å². The maximum Gasteiger partial charge on any atom is 0.310 e. The zero-order valence-electron chi connectivity index (χ0n) is 16.8. The Labute approximate surface area is 170 Å². The van der Waals surface area contributed by atoms with Crippen molar-refractivity contribution < 1.29 is 28.5 Å². The number of carbonyl (C=O) groups excluding carboxylic acids is 2. The van der Waals surface area contributed by atoms with Gasteiger partial charge in [-0.2, -0.15) is 0 Å². The molecule has 0 spiro atoms. The molecular formula is C23H24O6. The second-order valence-electron chi connectivity index (χ2n) is 5.90. The molecule has 0 aromatic heterocycles. The molecule has 0 bridgehead atoms. The molecule has 2 aromatic carbocycles. The minimum atomic E-state index is -0.464. The number of allylic oxidation sites excluding steroid dienone is 1. The molecule has 6 heteroatoms. The third-order valence-electron chi connectivity index (χ3n) is 3.93. The summed E-state index contributed by atoms with van der Waals surface area (Å²) in [6, 6.07) is 10.3. The summed E-state index contributed by atoms with van der Waals surface area (Å²) >= 11 is 0. The lowest BCUT2D eigenvalue weighted by molar-refractivity contribution is -0.134. The summed E-state index contributed by atoms with van der Waals surface area (Å²) < 4.78 is 21.3. The second kappa shape index (κ2) is 10.7. The number of benzene rings is 2. The van der Waals surface area contributed by atoms with Crippen molar-refractivity contribution in [1.29, 1.82) is 0 Å². The fourth-order valence-corrected chi connectivity index (χ4v) is 2.45. The van der Waals surface area contributed by atoms with Gasteiger partial charge in [-0.1, -0.05) is 37.8 Å². The maximum absolute atomic E-state index is 12.9. The summed E-state index contributed by atoms with van der Waals surface area (Å²) in [7, 11) is 2.91. The Morgan fingerprint density at radius 2 is 1.69 bits per heavy atom. The van der Waals surface area contributed by atoms with Crippen molar-refractivity contribution in [1.82, 2.24) is 0 Å². The molecule has 2 aromatic rings. The largest absolute Gasteiger partial charge is 0.496 e. The average Bonchev–Trinajstić information content (AvgIpc) is 2.75. The molecule has 152 valence electrons. The zero-order valence-corrected chi connectivity index (χ0v) is 16.8. The Morgan fingerprint density at radius 3 is 2.28 bits per heavy atom. The van der Waals surface area contributed by atoms with Gasteiger partial charge in [0.1, 0.15) is 35.2 Å². The Balaban J connectivity index is 2.31. The van der Waals surface area contributed by atoms with Crippen LogP contribution in [-0.4, -0.2) is 32.6 Å². The number of rotatable bonds is 10. The molecule has 0 atom stereocenters. The number of carbonyl (C=O) groups is 2. The normalized spacial score (nSPS) is 10.4. The molecule has 0 heterocycles. The topological polar surface area (TPSA) is 71.1 Å². The predicted molar refractivity (Wildman–Crippen MR) is 111 cm³/mol. The Morgan fingerprint density at radius 1 is 1.00 bits per heavy atom. The quantitative estimate of drug-likeness (QED) is 0.194. The number of hydrogen-bond acceptors (Lipinski definition) is 6. The van der Waals surface area contributed by atoms with Gasteiger partial charge >= 0.3 is 5.97 Å². The number of ether oxygens (including phenoxy) is 4. The van der Waals surface area contributed by atoms with Crippen molar-refractivity contribution in [3.05, 3.63) is 66.3 Å². The third kappa shape index (κ3) is 5.97. The number of hydrogen-bond donors (Lipinski definition) is 0. The van der Waals surface area contributed by atoms with Crippen molar-refractivity contribution in [3.63, 3.8) is 0 Å². The number of esters is 1. The van der Waals surface area contributed by atoms with E-state index in [0.717, 1.165) is 5.56 Å². The second-order valence-corrected chi connectivity index (χ2v) is 5.90. The summed E-state index contributed by atoms with van der Waals surface area (Å²) in [6.07, 6.45) is 4.89. The molecule has 0 saturated carbocycles. The highest BCUT2D eigenvalue weighted by atomic mass is 16.5. The molecule has 6 nitrogen and oxygen atoms in total. The number of ketones is 1. The Kier molecular flexibility index (Phi) is 8.03. The predicted octanol–water partition coefficient (Wildman–Crippen LogP) is 4.48. The lowest BCUT2D eigenvalue weighted by atomic mass is 10.1. The van der Waals surface area contributed by atoms with E-state index in [1.54, 1.807) is 37.3 Å². The van der Waals surface area contributed by atoms with Crippen LogP contribution in [0.2, 0.25) is 0 Å². The maximum atomic E-state index is 12.9. The zero-order chi connectivity index (χ0) is 21.2. The van der Waals surface area contributed by atoms with Gasteiger partial charge < -0.3 is 18.9 Å². The van der Waals surface area contributed by atoms with Crippen LogP contribution in [0, 0.1) is 0 Å². The lowest BCUT2D eigenvalue weighted by Crippen LogP contribution is -2.10. The molecule has 0 N–H and O–H groups in total. The van der Waals surface area contributed by atoms with Gasteiger partial charge in [-0.15, -0.1) is 0 Å². The smallest absolute Gasteiger partial charge is 0.310 e. The molecule has 29 heavy (non-hydrogen) atoms. The van der Waals surface area contributed by atoms with Gasteiger partial charge in [0.25, 0.3) is 0 Å². The van der Waals surface area contributed by atoms with Crippen molar-refractivity contribution in [3.8, 4) is 23.0 Å². The van der Waals surface area contributed by atoms with Gasteiger partial charge in [0.15, 0.2) is 5.78 Å². The Hall–Kier alpha value is -3.54. The van der Waals surface area contributed by atoms with E-state index < -0.39 is 5.97 Å². The molecule has 0 aliphatic carbocycles. The van der Waals surface area contributed by atoms with E-state index in [1.165, 1.54) is 26.4 Å². The standard InChI is InChI=1S/C23H24O6/c1-5-13-28-17-10-7-16(8-11-17)9-12-19(24)23-20(27-4)14-18(26-3)15-21(23)29-22(25)6-2/h5,7-12,14-15H,1,6,13H2,2-4H3/b12-9+. The van der Waals surface area contributed by atoms with Crippen LogP contribution < -0.4 is 18.9 Å². The van der Waals surface area contributed by atoms with Crippen molar-refractivity contribution in [2.75, 3.05) is 20.8 Å². The summed E-state index contributed by atoms with van der Waals surface area (Å²) in [6.45, 7) is 5.69. The fraction of sp³-hybridized carbons (Fsp3) is 0.217. The van der Waals surface area contributed by atoms with E-state index in [9.17, 15) is 9.59 Å². The molecule has 0 saturated heterocycles. The van der Waals surface area contributed by atoms with Crippen molar-refractivity contribution >= 4 is 17.8 Å². The first kappa shape index (κ1) is 21.8. The van der Waals surface area contributed by atoms with E-state index in [1.807, 2.05) is 12.1 Å². The summed E-state index contributed by atoms with van der Waals surface area (Å²) in [4.78, 5) is 24.7. The molecule has 0 aliphatic rings. The molecular weight excluding hydrogens is 372 g/mol. The molecule has 2 rings (SSSR count). The minimum absolute atomic E-state index is 0.0934. The molecule has 0 radical (unpaired) electrons. The average molecular weight is 396 g/mol. The van der Waals surface area contributed by atoms with Crippen LogP contribution in [0.15, 0.2) is 55.1 Å². The van der Waals surface area contributed by atoms with Crippen molar-refractivity contribution in [2.24, 2.45) is 0 Å². The van der Waals surface area contributed by atoms with Gasteiger partial charge in [-0.25, -0.2) is 0 Å². The van der Waals surface area contributed by atoms with E-state index in [0.29, 0.717) is 18.1 Å². The van der Waals surface area contributed by atoms with Crippen LogP contribution in [0.1, 0.15) is 29.3 Å². The fourth-order valence-electron chi connectivity index (χ4n) is 2.45. The van der Waals surface area contributed by atoms with Gasteiger partial charge in [-0.3, -0.25) is 9.59 Å². The highest BCUT2D eigenvalue weighted by Gasteiger charge is 2.20. The van der Waals surface area contributed by atoms with Crippen LogP contribution in [0.3, 0.4) is 0 Å². The molecule has 0 unspecified atom stereocenters. The number of methoxy groups -OCH3 is 2. The minimum Gasteiger partial charge on any atom is -0.496 e. The monoisotopic (exact) mass is 396 g/mol. The summed E-state index contributed by atoms with van der Waals surface area (Å²) in [5.74, 6) is 0.640. The first-order valence-corrected chi connectivity index (χ1v) is 9.05. The van der Waals surface area contributed by atoms with E-state index in [4.69, 9.17) is 18.9 Å². The molecule has 0 fully saturated rings. The van der Waals surface area contributed by atoms with Crippen LogP contribution in [-0.2, 0) is 4.79 Å². The van der Waals surface area contributed by atoms with E-state index in [2.05, 4.69) is 6.58 Å². The molecule has 0 amide bonds. The Bertz CT molecular complexity index is 896. The van der Waals surface area contributed by atoms with Gasteiger partial charge in [0.05, 0.1) is 14.2 Å². The van der Waals surface area contributed by atoms with Gasteiger partial charge in [-0.05, 0) is 23.8 Å². The first-order chi connectivity index (χ1) is 14.0. The molecule has 0 aliphatic heterocycles. The van der Waals surface area contributed by atoms with Crippen LogP contribution >= 0.6 is 0 Å². The first-order valence-electron chi connectivity index (χ1n) is 9.05. The van der Waals surface area contributed by atoms with Gasteiger partial charge in [0.2, 0.25) is 0 Å². The van der Waals surface area contributed by atoms with E-state index in [-0.39, 0.29) is 29.3 Å². The van der Waals surface area contributed by atoms with Crippen LogP contribution in [0.4, 0.5) is 0 Å². The highest BCUT2D eigenvalue weighted by molar-refractivity contribution is 6.11. The van der Waals surface area contributed by atoms with Crippen LogP contribution in [0.25, 0.3) is 6.08 Å². The van der Waals surface area contributed by atoms with Crippen LogP contribution in [0.5, 0.6) is 23.0 Å². The van der Waals surface area contributed by atoms with Crippen molar-refractivity contribution in [2.45, 2.75) is 13.3 Å². The highest BCUT2D eigenvalue weighted by Crippen LogP contribution is 2.35. The summed E-state index contributed by atoms with van der Waals surface area (Å²) in [5.41, 5.74) is 0.959.